The highest BCUT2D eigenvalue weighted by molar-refractivity contribution is 5.92. The molecule has 112 valence electrons. The van der Waals surface area contributed by atoms with Gasteiger partial charge in [-0.05, 0) is 12.1 Å². The van der Waals surface area contributed by atoms with E-state index in [1.54, 1.807) is 15.5 Å². The zero-order chi connectivity index (χ0) is 14.4. The number of amides is 1. The van der Waals surface area contributed by atoms with Crippen LogP contribution in [0.15, 0.2) is 18.3 Å². The van der Waals surface area contributed by atoms with Crippen LogP contribution in [0, 0.1) is 0 Å². The van der Waals surface area contributed by atoms with E-state index in [2.05, 4.69) is 4.90 Å². The molecule has 2 heterocycles. The molecule has 0 atom stereocenters. The zero-order valence-corrected chi connectivity index (χ0v) is 12.0. The van der Waals surface area contributed by atoms with Crippen molar-refractivity contribution < 1.29 is 14.6 Å². The quantitative estimate of drug-likeness (QED) is 0.784. The highest BCUT2D eigenvalue weighted by Crippen LogP contribution is 2.06. The summed E-state index contributed by atoms with van der Waals surface area (Å²) in [6.07, 6.45) is 1.85. The number of hydrogen-bond acceptors (Lipinski definition) is 4. The molecule has 1 fully saturated rings. The molecule has 6 nitrogen and oxygen atoms in total. The number of hydrogen-bond donors (Lipinski definition) is 1. The van der Waals surface area contributed by atoms with Crippen LogP contribution < -0.4 is 0 Å². The minimum atomic E-state index is -0.0280. The average Bonchev–Trinajstić information content (AvgIpc) is 2.90. The second-order valence-corrected chi connectivity index (χ2v) is 4.97. The van der Waals surface area contributed by atoms with Gasteiger partial charge in [0.1, 0.15) is 5.69 Å². The molecular weight excluding hydrogens is 258 g/mol. The summed E-state index contributed by atoms with van der Waals surface area (Å²) in [6, 6.07) is 3.66. The van der Waals surface area contributed by atoms with Crippen molar-refractivity contribution in [3.05, 3.63) is 24.0 Å². The number of carbonyl (C=O) groups is 1. The smallest absolute Gasteiger partial charge is 0.270 e. The molecule has 0 spiro atoms. The van der Waals surface area contributed by atoms with Gasteiger partial charge in [-0.25, -0.2) is 0 Å². The first-order valence-corrected chi connectivity index (χ1v) is 7.04. The Balaban J connectivity index is 1.92. The van der Waals surface area contributed by atoms with Crippen molar-refractivity contribution in [2.24, 2.45) is 7.05 Å². The summed E-state index contributed by atoms with van der Waals surface area (Å²) in [6.45, 7) is 5.13. The van der Waals surface area contributed by atoms with E-state index < -0.39 is 0 Å². The number of aromatic nitrogens is 1. The fourth-order valence-electron chi connectivity index (χ4n) is 2.37. The van der Waals surface area contributed by atoms with E-state index in [4.69, 9.17) is 9.84 Å². The standard InChI is InChI=1S/C14H23N3O3/c1-15-4-2-3-13(15)14(19)17(7-10-18)6-5-16-8-11-20-12-9-16/h2-4,18H,5-12H2,1H3. The largest absolute Gasteiger partial charge is 0.395 e. The molecule has 1 saturated heterocycles. The molecule has 0 aliphatic carbocycles. The van der Waals surface area contributed by atoms with Crippen molar-refractivity contribution in [2.75, 3.05) is 52.5 Å². The minimum Gasteiger partial charge on any atom is -0.395 e. The molecule has 20 heavy (non-hydrogen) atoms. The molecular formula is C14H23N3O3. The number of rotatable bonds is 6. The fraction of sp³-hybridized carbons (Fsp3) is 0.643. The van der Waals surface area contributed by atoms with Crippen molar-refractivity contribution in [2.45, 2.75) is 0 Å². The van der Waals surface area contributed by atoms with E-state index in [1.807, 2.05) is 19.3 Å². The molecule has 1 amide bonds. The van der Waals surface area contributed by atoms with Crippen molar-refractivity contribution in [3.8, 4) is 0 Å². The number of carbonyl (C=O) groups excluding carboxylic acids is 1. The Hall–Kier alpha value is -1.37. The fourth-order valence-corrected chi connectivity index (χ4v) is 2.37. The maximum absolute atomic E-state index is 12.4. The monoisotopic (exact) mass is 281 g/mol. The third-order valence-electron chi connectivity index (χ3n) is 3.61. The van der Waals surface area contributed by atoms with Gasteiger partial charge in [0.15, 0.2) is 0 Å². The number of aliphatic hydroxyl groups excluding tert-OH is 1. The van der Waals surface area contributed by atoms with Gasteiger partial charge < -0.3 is 19.3 Å². The van der Waals surface area contributed by atoms with Gasteiger partial charge in [0.25, 0.3) is 5.91 Å². The number of ether oxygens (including phenoxy) is 1. The summed E-state index contributed by atoms with van der Waals surface area (Å²) >= 11 is 0. The summed E-state index contributed by atoms with van der Waals surface area (Å²) in [5, 5.41) is 9.16. The Morgan fingerprint density at radius 2 is 2.15 bits per heavy atom. The highest BCUT2D eigenvalue weighted by atomic mass is 16.5. The van der Waals surface area contributed by atoms with Crippen LogP contribution in [0.3, 0.4) is 0 Å². The predicted octanol–water partition coefficient (Wildman–Crippen LogP) is -0.208. The lowest BCUT2D eigenvalue weighted by atomic mass is 10.3. The van der Waals surface area contributed by atoms with Crippen LogP contribution in [0.1, 0.15) is 10.5 Å². The van der Waals surface area contributed by atoms with Gasteiger partial charge in [-0.1, -0.05) is 0 Å². The highest BCUT2D eigenvalue weighted by Gasteiger charge is 2.19. The summed E-state index contributed by atoms with van der Waals surface area (Å²) in [4.78, 5) is 16.4. The van der Waals surface area contributed by atoms with Crippen molar-refractivity contribution >= 4 is 5.91 Å². The summed E-state index contributed by atoms with van der Waals surface area (Å²) in [7, 11) is 1.85. The topological polar surface area (TPSA) is 57.9 Å². The van der Waals surface area contributed by atoms with Crippen LogP contribution >= 0.6 is 0 Å². The molecule has 1 aliphatic rings. The second kappa shape index (κ2) is 7.42. The van der Waals surface area contributed by atoms with E-state index in [0.717, 1.165) is 32.8 Å². The van der Waals surface area contributed by atoms with Crippen LogP contribution in [-0.2, 0) is 11.8 Å². The molecule has 0 bridgehead atoms. The normalized spacial score (nSPS) is 16.3. The van der Waals surface area contributed by atoms with Crippen molar-refractivity contribution in [1.29, 1.82) is 0 Å². The van der Waals surface area contributed by atoms with Crippen molar-refractivity contribution in [1.82, 2.24) is 14.4 Å². The molecule has 2 rings (SSSR count). The molecule has 0 unspecified atom stereocenters. The van der Waals surface area contributed by atoms with Gasteiger partial charge in [0, 0.05) is 46.0 Å². The number of aryl methyl sites for hydroxylation is 1. The number of nitrogens with zero attached hydrogens (tertiary/aromatic N) is 3. The van der Waals surface area contributed by atoms with Gasteiger partial charge in [-0.2, -0.15) is 0 Å². The molecule has 0 aromatic carbocycles. The second-order valence-electron chi connectivity index (χ2n) is 4.97. The first-order valence-electron chi connectivity index (χ1n) is 7.04. The van der Waals surface area contributed by atoms with Crippen molar-refractivity contribution in [3.63, 3.8) is 0 Å². The minimum absolute atomic E-state index is 0.0146. The molecule has 1 aliphatic heterocycles. The lowest BCUT2D eigenvalue weighted by molar-refractivity contribution is 0.0314. The van der Waals surface area contributed by atoms with Gasteiger partial charge in [0.2, 0.25) is 0 Å². The van der Waals surface area contributed by atoms with E-state index in [1.165, 1.54) is 0 Å². The van der Waals surface area contributed by atoms with Gasteiger partial charge in [0.05, 0.1) is 19.8 Å². The van der Waals surface area contributed by atoms with E-state index in [9.17, 15) is 4.79 Å². The molecule has 0 saturated carbocycles. The summed E-state index contributed by atoms with van der Waals surface area (Å²) in [5.74, 6) is -0.0280. The molecule has 0 radical (unpaired) electrons. The first-order chi connectivity index (χ1) is 9.72. The Labute approximate surface area is 119 Å². The summed E-state index contributed by atoms with van der Waals surface area (Å²) < 4.78 is 7.12. The van der Waals surface area contributed by atoms with Crippen LogP contribution in [0.2, 0.25) is 0 Å². The third-order valence-corrected chi connectivity index (χ3v) is 3.61. The predicted molar refractivity (Wildman–Crippen MR) is 75.7 cm³/mol. The first kappa shape index (κ1) is 15.0. The number of aliphatic hydroxyl groups is 1. The molecule has 1 aromatic heterocycles. The number of morpholine rings is 1. The maximum Gasteiger partial charge on any atom is 0.270 e. The average molecular weight is 281 g/mol. The lowest BCUT2D eigenvalue weighted by Crippen LogP contribution is -2.44. The van der Waals surface area contributed by atoms with E-state index in [-0.39, 0.29) is 12.5 Å². The maximum atomic E-state index is 12.4. The van der Waals surface area contributed by atoms with Gasteiger partial charge >= 0.3 is 0 Å². The Bertz CT molecular complexity index is 427. The van der Waals surface area contributed by atoms with Gasteiger partial charge in [-0.15, -0.1) is 0 Å². The Kier molecular flexibility index (Phi) is 5.58. The van der Waals surface area contributed by atoms with Crippen LogP contribution in [0.25, 0.3) is 0 Å². The van der Waals surface area contributed by atoms with E-state index >= 15 is 0 Å². The van der Waals surface area contributed by atoms with Crippen LogP contribution in [0.5, 0.6) is 0 Å². The third kappa shape index (κ3) is 3.82. The Morgan fingerprint density at radius 3 is 2.75 bits per heavy atom. The molecule has 6 heteroatoms. The van der Waals surface area contributed by atoms with E-state index in [0.29, 0.717) is 18.8 Å². The lowest BCUT2D eigenvalue weighted by Gasteiger charge is -2.30. The van der Waals surface area contributed by atoms with Crippen LogP contribution in [0.4, 0.5) is 0 Å². The zero-order valence-electron chi connectivity index (χ0n) is 12.0. The molecule has 1 N–H and O–H groups in total. The SMILES string of the molecule is Cn1cccc1C(=O)N(CCO)CCN1CCOCC1. The van der Waals surface area contributed by atoms with Crippen LogP contribution in [-0.4, -0.2) is 77.9 Å². The summed E-state index contributed by atoms with van der Waals surface area (Å²) in [5.41, 5.74) is 0.653. The molecule has 1 aromatic rings. The Morgan fingerprint density at radius 1 is 1.40 bits per heavy atom. The van der Waals surface area contributed by atoms with Gasteiger partial charge in [-0.3, -0.25) is 9.69 Å².